The predicted molar refractivity (Wildman–Crippen MR) is 115 cm³/mol. The highest BCUT2D eigenvalue weighted by Gasteiger charge is 2.24. The van der Waals surface area contributed by atoms with Crippen LogP contribution >= 0.6 is 0 Å². The average Bonchev–Trinajstić information content (AvgIpc) is 2.78. The molecular weight excluding hydrogens is 360 g/mol. The molecule has 0 spiro atoms. The first kappa shape index (κ1) is 16.8. The van der Waals surface area contributed by atoms with Crippen molar-refractivity contribution in [2.24, 2.45) is 0 Å². The van der Waals surface area contributed by atoms with Gasteiger partial charge in [-0.25, -0.2) is 0 Å². The first-order chi connectivity index (χ1) is 14.3. The van der Waals surface area contributed by atoms with Crippen molar-refractivity contribution >= 4 is 21.5 Å². The topological polar surface area (TPSA) is 24.9 Å². The number of rotatable bonds is 2. The van der Waals surface area contributed by atoms with Crippen molar-refractivity contribution in [2.45, 2.75) is 13.1 Å². The highest BCUT2D eigenvalue weighted by atomic mass is 16.5. The van der Waals surface area contributed by atoms with Crippen molar-refractivity contribution < 1.29 is 9.47 Å². The zero-order valence-corrected chi connectivity index (χ0v) is 16.2. The molecule has 4 nitrogen and oxygen atoms in total. The van der Waals surface area contributed by atoms with Gasteiger partial charge in [-0.15, -0.1) is 0 Å². The third kappa shape index (κ3) is 2.92. The van der Waals surface area contributed by atoms with E-state index in [4.69, 9.17) is 9.47 Å². The zero-order chi connectivity index (χ0) is 19.2. The Kier molecular flexibility index (Phi) is 3.93. The van der Waals surface area contributed by atoms with Gasteiger partial charge in [0.05, 0.1) is 6.67 Å². The van der Waals surface area contributed by atoms with Gasteiger partial charge in [-0.05, 0) is 10.8 Å². The van der Waals surface area contributed by atoms with Crippen LogP contribution in [0.4, 0.5) is 0 Å². The molecule has 0 saturated heterocycles. The summed E-state index contributed by atoms with van der Waals surface area (Å²) in [5.74, 6) is 2.07. The molecule has 2 aliphatic heterocycles. The van der Waals surface area contributed by atoms with Crippen LogP contribution in [0.25, 0.3) is 21.5 Å². The lowest BCUT2D eigenvalue weighted by atomic mass is 10.0. The molecule has 6 rings (SSSR count). The molecule has 4 aromatic rings. The highest BCUT2D eigenvalue weighted by molar-refractivity contribution is 5.90. The van der Waals surface area contributed by atoms with E-state index >= 15 is 0 Å². The van der Waals surface area contributed by atoms with Gasteiger partial charge in [-0.2, -0.15) is 0 Å². The Balaban J connectivity index is 1.21. The second-order valence-corrected chi connectivity index (χ2v) is 7.90. The van der Waals surface area contributed by atoms with Crippen LogP contribution in [0, 0.1) is 0 Å². The molecule has 0 radical (unpaired) electrons. The van der Waals surface area contributed by atoms with Gasteiger partial charge in [-0.1, -0.05) is 72.8 Å². The summed E-state index contributed by atoms with van der Waals surface area (Å²) in [5, 5.41) is 4.86. The largest absolute Gasteiger partial charge is 0.477 e. The predicted octanol–water partition coefficient (Wildman–Crippen LogP) is 4.95. The van der Waals surface area contributed by atoms with Gasteiger partial charge in [0, 0.05) is 35.0 Å². The first-order valence-corrected chi connectivity index (χ1v) is 10.1. The summed E-state index contributed by atoms with van der Waals surface area (Å²) in [6.07, 6.45) is 0. The van der Waals surface area contributed by atoms with Crippen LogP contribution in [-0.2, 0) is 13.1 Å². The summed E-state index contributed by atoms with van der Waals surface area (Å²) in [7, 11) is 0. The van der Waals surface area contributed by atoms with Gasteiger partial charge in [0.25, 0.3) is 0 Å². The quantitative estimate of drug-likeness (QED) is 0.489. The summed E-state index contributed by atoms with van der Waals surface area (Å²) >= 11 is 0. The van der Waals surface area contributed by atoms with Crippen molar-refractivity contribution in [1.82, 2.24) is 9.80 Å². The van der Waals surface area contributed by atoms with E-state index in [1.807, 2.05) is 0 Å². The summed E-state index contributed by atoms with van der Waals surface area (Å²) in [6.45, 7) is 3.80. The highest BCUT2D eigenvalue weighted by Crippen LogP contribution is 2.35. The van der Waals surface area contributed by atoms with Crippen LogP contribution in [0.5, 0.6) is 11.5 Å². The number of hydrogen-bond acceptors (Lipinski definition) is 4. The number of benzene rings is 4. The number of fused-ring (bicyclic) bond motifs is 6. The minimum atomic E-state index is 0.599. The second kappa shape index (κ2) is 6.76. The van der Waals surface area contributed by atoms with Crippen LogP contribution < -0.4 is 9.47 Å². The Hall–Kier alpha value is -3.08. The fourth-order valence-corrected chi connectivity index (χ4v) is 4.52. The molecule has 0 atom stereocenters. The lowest BCUT2D eigenvalue weighted by Crippen LogP contribution is -2.44. The van der Waals surface area contributed by atoms with E-state index in [2.05, 4.69) is 82.6 Å². The third-order valence-corrected chi connectivity index (χ3v) is 5.89. The van der Waals surface area contributed by atoms with Gasteiger partial charge in [-0.3, -0.25) is 9.80 Å². The molecule has 29 heavy (non-hydrogen) atoms. The number of hydrogen-bond donors (Lipinski definition) is 0. The van der Waals surface area contributed by atoms with Gasteiger partial charge < -0.3 is 9.47 Å². The van der Waals surface area contributed by atoms with Gasteiger partial charge >= 0.3 is 0 Å². The Bertz CT molecular complexity index is 1120. The first-order valence-electron chi connectivity index (χ1n) is 10.1. The van der Waals surface area contributed by atoms with E-state index in [9.17, 15) is 0 Å². The molecule has 0 fully saturated rings. The molecule has 2 aliphatic rings. The molecule has 4 heteroatoms. The van der Waals surface area contributed by atoms with Crippen molar-refractivity contribution in [3.8, 4) is 11.5 Å². The molecule has 2 heterocycles. The van der Waals surface area contributed by atoms with Crippen molar-refractivity contribution in [1.29, 1.82) is 0 Å². The molecule has 4 aromatic carbocycles. The van der Waals surface area contributed by atoms with Gasteiger partial charge in [0.15, 0.2) is 0 Å². The molecule has 144 valence electrons. The minimum absolute atomic E-state index is 0.599. The smallest absolute Gasteiger partial charge is 0.143 e. The second-order valence-electron chi connectivity index (χ2n) is 7.90. The SMILES string of the molecule is c1ccc2c3c(ccc2c1)CN(CN1COc2c(ccc4ccccc24)C1)CO3. The maximum atomic E-state index is 6.18. The molecule has 0 unspecified atom stereocenters. The number of ether oxygens (including phenoxy) is 2. The normalized spacial score (nSPS) is 16.8. The standard InChI is InChI=1S/C25H22N2O2/c1-3-7-22-18(5-1)9-11-20-13-26(16-28-24(20)22)15-27-14-21-12-10-19-6-2-4-8-23(19)25(21)29-17-27/h1-12H,13-17H2. The molecule has 0 amide bonds. The van der Waals surface area contributed by atoms with Gasteiger partial charge in [0.1, 0.15) is 25.0 Å². The van der Waals surface area contributed by atoms with E-state index in [0.717, 1.165) is 31.3 Å². The Morgan fingerprint density at radius 3 is 1.59 bits per heavy atom. The lowest BCUT2D eigenvalue weighted by molar-refractivity contribution is -0.00229. The maximum Gasteiger partial charge on any atom is 0.143 e. The third-order valence-electron chi connectivity index (χ3n) is 5.89. The molecule has 0 bridgehead atoms. The van der Waals surface area contributed by atoms with Crippen LogP contribution in [-0.4, -0.2) is 29.9 Å². The van der Waals surface area contributed by atoms with E-state index in [1.54, 1.807) is 0 Å². The van der Waals surface area contributed by atoms with Crippen molar-refractivity contribution in [2.75, 3.05) is 20.1 Å². The Morgan fingerprint density at radius 1 is 0.586 bits per heavy atom. The summed E-state index contributed by atoms with van der Waals surface area (Å²) in [5.41, 5.74) is 2.50. The summed E-state index contributed by atoms with van der Waals surface area (Å²) in [6, 6.07) is 25.6. The Morgan fingerprint density at radius 2 is 1.07 bits per heavy atom. The summed E-state index contributed by atoms with van der Waals surface area (Å²) < 4.78 is 12.4. The molecule has 0 N–H and O–H groups in total. The molecule has 0 aliphatic carbocycles. The summed E-state index contributed by atoms with van der Waals surface area (Å²) in [4.78, 5) is 4.65. The minimum Gasteiger partial charge on any atom is -0.477 e. The van der Waals surface area contributed by atoms with Gasteiger partial charge in [0.2, 0.25) is 0 Å². The van der Waals surface area contributed by atoms with Crippen LogP contribution in [0.2, 0.25) is 0 Å². The zero-order valence-electron chi connectivity index (χ0n) is 16.2. The Labute approximate surface area is 169 Å². The van der Waals surface area contributed by atoms with E-state index < -0.39 is 0 Å². The van der Waals surface area contributed by atoms with E-state index in [-0.39, 0.29) is 0 Å². The van der Waals surface area contributed by atoms with E-state index in [0.29, 0.717) is 13.5 Å². The molecular formula is C25H22N2O2. The van der Waals surface area contributed by atoms with Crippen LogP contribution in [0.3, 0.4) is 0 Å². The van der Waals surface area contributed by atoms with Crippen LogP contribution in [0.1, 0.15) is 11.1 Å². The fourth-order valence-electron chi connectivity index (χ4n) is 4.52. The van der Waals surface area contributed by atoms with E-state index in [1.165, 1.54) is 32.7 Å². The molecule has 0 saturated carbocycles. The lowest BCUT2D eigenvalue weighted by Gasteiger charge is -2.36. The number of nitrogens with zero attached hydrogens (tertiary/aromatic N) is 2. The van der Waals surface area contributed by atoms with Crippen molar-refractivity contribution in [3.05, 3.63) is 83.9 Å². The maximum absolute atomic E-state index is 6.18. The van der Waals surface area contributed by atoms with Crippen molar-refractivity contribution in [3.63, 3.8) is 0 Å². The fraction of sp³-hybridized carbons (Fsp3) is 0.200. The monoisotopic (exact) mass is 382 g/mol. The van der Waals surface area contributed by atoms with Crippen LogP contribution in [0.15, 0.2) is 72.8 Å². The average molecular weight is 382 g/mol. The molecule has 0 aromatic heterocycles.